The molecule has 1 unspecified atom stereocenters. The first-order chi connectivity index (χ1) is 15.4. The number of ether oxygens (including phenoxy) is 1. The maximum atomic E-state index is 12.4. The van der Waals surface area contributed by atoms with E-state index in [1.807, 2.05) is 30.3 Å². The van der Waals surface area contributed by atoms with Crippen molar-refractivity contribution in [3.05, 3.63) is 70.9 Å². The molecule has 1 aromatic heterocycles. The van der Waals surface area contributed by atoms with Gasteiger partial charge in [0.05, 0.1) is 24.3 Å². The van der Waals surface area contributed by atoms with E-state index in [1.165, 1.54) is 24.4 Å². The van der Waals surface area contributed by atoms with Crippen molar-refractivity contribution in [1.29, 1.82) is 0 Å². The molecule has 0 saturated carbocycles. The SMILES string of the molecule is CCOC(=O)c1cnc(Nc2ccc(S(=O)[O-])c(Cl)c2)nc1N[C@H](CO)c1ccccc1. The molecule has 0 fully saturated rings. The number of aliphatic hydroxyl groups is 1. The summed E-state index contributed by atoms with van der Waals surface area (Å²) < 4.78 is 27.4. The van der Waals surface area contributed by atoms with Gasteiger partial charge in [-0.1, -0.05) is 41.9 Å². The fourth-order valence-corrected chi connectivity index (χ4v) is 3.60. The summed E-state index contributed by atoms with van der Waals surface area (Å²) in [5.74, 6) is -0.332. The van der Waals surface area contributed by atoms with Crippen LogP contribution in [-0.2, 0) is 15.8 Å². The molecule has 0 saturated heterocycles. The highest BCUT2D eigenvalue weighted by atomic mass is 35.5. The number of carbonyl (C=O) groups excluding carboxylic acids is 1. The van der Waals surface area contributed by atoms with Crippen LogP contribution < -0.4 is 10.6 Å². The van der Waals surface area contributed by atoms with Crippen LogP contribution in [0.2, 0.25) is 5.02 Å². The van der Waals surface area contributed by atoms with Gasteiger partial charge in [0.1, 0.15) is 11.4 Å². The number of halogens is 1. The molecule has 0 bridgehead atoms. The van der Waals surface area contributed by atoms with E-state index < -0.39 is 23.1 Å². The quantitative estimate of drug-likeness (QED) is 0.314. The molecule has 2 atom stereocenters. The summed E-state index contributed by atoms with van der Waals surface area (Å²) in [6.45, 7) is 1.61. The number of benzene rings is 2. The third kappa shape index (κ3) is 5.80. The van der Waals surface area contributed by atoms with Gasteiger partial charge >= 0.3 is 5.97 Å². The fraction of sp³-hybridized carbons (Fsp3) is 0.190. The van der Waals surface area contributed by atoms with Gasteiger partial charge in [0.15, 0.2) is 0 Å². The van der Waals surface area contributed by atoms with Crippen molar-refractivity contribution >= 4 is 46.1 Å². The molecule has 9 nitrogen and oxygen atoms in total. The normalized spacial score (nSPS) is 12.6. The zero-order valence-corrected chi connectivity index (χ0v) is 18.5. The van der Waals surface area contributed by atoms with Crippen molar-refractivity contribution < 1.29 is 23.4 Å². The second-order valence-corrected chi connectivity index (χ2v) is 7.79. The Morgan fingerprint density at radius 1 is 1.28 bits per heavy atom. The molecule has 3 N–H and O–H groups in total. The highest BCUT2D eigenvalue weighted by Crippen LogP contribution is 2.26. The van der Waals surface area contributed by atoms with Gasteiger partial charge in [0.25, 0.3) is 0 Å². The maximum absolute atomic E-state index is 12.4. The first-order valence-electron chi connectivity index (χ1n) is 9.55. The number of rotatable bonds is 9. The van der Waals surface area contributed by atoms with Crippen molar-refractivity contribution in [3.63, 3.8) is 0 Å². The predicted octanol–water partition coefficient (Wildman–Crippen LogP) is 3.43. The molecule has 3 rings (SSSR count). The third-order valence-corrected chi connectivity index (χ3v) is 5.49. The first kappa shape index (κ1) is 23.6. The summed E-state index contributed by atoms with van der Waals surface area (Å²) in [6.07, 6.45) is 1.30. The lowest BCUT2D eigenvalue weighted by molar-refractivity contribution is 0.0526. The fourth-order valence-electron chi connectivity index (χ4n) is 2.84. The van der Waals surface area contributed by atoms with Crippen LogP contribution in [0.4, 0.5) is 17.5 Å². The molecule has 0 aliphatic heterocycles. The molecule has 168 valence electrons. The van der Waals surface area contributed by atoms with Gasteiger partial charge in [-0.05, 0) is 41.8 Å². The van der Waals surface area contributed by atoms with E-state index in [0.29, 0.717) is 5.69 Å². The molecule has 0 amide bonds. The number of nitrogens with one attached hydrogen (secondary N) is 2. The van der Waals surface area contributed by atoms with Gasteiger partial charge in [-0.3, -0.25) is 4.21 Å². The lowest BCUT2D eigenvalue weighted by Gasteiger charge is -2.19. The molecule has 0 radical (unpaired) electrons. The number of hydrogen-bond acceptors (Lipinski definition) is 9. The predicted molar refractivity (Wildman–Crippen MR) is 120 cm³/mol. The number of aliphatic hydroxyl groups excluding tert-OH is 1. The van der Waals surface area contributed by atoms with Gasteiger partial charge in [-0.2, -0.15) is 4.98 Å². The van der Waals surface area contributed by atoms with E-state index >= 15 is 0 Å². The molecule has 3 aromatic rings. The Balaban J connectivity index is 1.93. The Labute approximate surface area is 192 Å². The van der Waals surface area contributed by atoms with Gasteiger partial charge in [0, 0.05) is 16.8 Å². The largest absolute Gasteiger partial charge is 0.768 e. The minimum Gasteiger partial charge on any atom is -0.768 e. The number of nitrogens with zero attached hydrogens (tertiary/aromatic N) is 2. The van der Waals surface area contributed by atoms with Gasteiger partial charge in [0.2, 0.25) is 5.95 Å². The first-order valence-corrected chi connectivity index (χ1v) is 11.0. The van der Waals surface area contributed by atoms with E-state index in [0.717, 1.165) is 5.56 Å². The number of hydrogen-bond donors (Lipinski definition) is 3. The summed E-state index contributed by atoms with van der Waals surface area (Å²) in [4.78, 5) is 20.9. The van der Waals surface area contributed by atoms with E-state index in [9.17, 15) is 18.7 Å². The molecule has 32 heavy (non-hydrogen) atoms. The Kier molecular flexibility index (Phi) is 8.12. The van der Waals surface area contributed by atoms with Crippen LogP contribution in [0.1, 0.15) is 28.9 Å². The molecular formula is C21H20ClN4O5S-. The van der Waals surface area contributed by atoms with E-state index in [2.05, 4.69) is 20.6 Å². The minimum absolute atomic E-state index is 0.0354. The molecule has 0 aliphatic rings. The Bertz CT molecular complexity index is 1120. The second-order valence-electron chi connectivity index (χ2n) is 6.47. The highest BCUT2D eigenvalue weighted by molar-refractivity contribution is 7.79. The van der Waals surface area contributed by atoms with Crippen molar-refractivity contribution in [1.82, 2.24) is 9.97 Å². The number of carbonyl (C=O) groups is 1. The van der Waals surface area contributed by atoms with Crippen LogP contribution in [0.5, 0.6) is 0 Å². The summed E-state index contributed by atoms with van der Waals surface area (Å²) in [5, 5.41) is 15.9. The monoisotopic (exact) mass is 475 g/mol. The molecule has 11 heteroatoms. The Morgan fingerprint density at radius 2 is 2.03 bits per heavy atom. The zero-order chi connectivity index (χ0) is 23.1. The lowest BCUT2D eigenvalue weighted by Crippen LogP contribution is -2.19. The smallest absolute Gasteiger partial charge is 0.343 e. The Hall–Kier alpha value is -3.05. The molecule has 2 aromatic carbocycles. The van der Waals surface area contributed by atoms with Crippen LogP contribution in [0.3, 0.4) is 0 Å². The lowest BCUT2D eigenvalue weighted by atomic mass is 10.1. The van der Waals surface area contributed by atoms with Crippen LogP contribution in [0.15, 0.2) is 59.6 Å². The number of esters is 1. The van der Waals surface area contributed by atoms with Crippen molar-refractivity contribution in [2.24, 2.45) is 0 Å². The number of aromatic nitrogens is 2. The van der Waals surface area contributed by atoms with Gasteiger partial charge in [-0.15, -0.1) is 0 Å². The van der Waals surface area contributed by atoms with Crippen LogP contribution in [0.25, 0.3) is 0 Å². The standard InChI is InChI=1S/C21H21ClN4O5S/c1-2-31-20(28)15-11-23-21(24-14-8-9-18(32(29)30)16(22)10-14)26-19(15)25-17(12-27)13-6-4-3-5-7-13/h3-11,17,27H,2,12H2,1H3,(H,29,30)(H2,23,24,25,26)/p-1/t17-/m1/s1. The van der Waals surface area contributed by atoms with Crippen LogP contribution in [-0.4, -0.2) is 43.0 Å². The zero-order valence-electron chi connectivity index (χ0n) is 16.9. The summed E-state index contributed by atoms with van der Waals surface area (Å²) in [5.41, 5.74) is 1.34. The molecule has 0 spiro atoms. The van der Waals surface area contributed by atoms with Gasteiger partial charge < -0.3 is 25.0 Å². The summed E-state index contributed by atoms with van der Waals surface area (Å²) >= 11 is 3.54. The summed E-state index contributed by atoms with van der Waals surface area (Å²) in [6, 6.07) is 12.9. The molecule has 1 heterocycles. The molecular weight excluding hydrogens is 456 g/mol. The summed E-state index contributed by atoms with van der Waals surface area (Å²) in [7, 11) is 0. The second kappa shape index (κ2) is 11.0. The average molecular weight is 476 g/mol. The maximum Gasteiger partial charge on any atom is 0.343 e. The van der Waals surface area contributed by atoms with Gasteiger partial charge in [-0.25, -0.2) is 9.78 Å². The van der Waals surface area contributed by atoms with Crippen LogP contribution >= 0.6 is 11.6 Å². The van der Waals surface area contributed by atoms with Crippen molar-refractivity contribution in [3.8, 4) is 0 Å². The van der Waals surface area contributed by atoms with E-state index in [1.54, 1.807) is 6.92 Å². The number of anilines is 3. The van der Waals surface area contributed by atoms with E-state index in [4.69, 9.17) is 16.3 Å². The van der Waals surface area contributed by atoms with E-state index in [-0.39, 0.29) is 40.5 Å². The van der Waals surface area contributed by atoms with Crippen molar-refractivity contribution in [2.75, 3.05) is 23.8 Å². The topological polar surface area (TPSA) is 136 Å². The average Bonchev–Trinajstić information content (AvgIpc) is 2.78. The Morgan fingerprint density at radius 3 is 2.66 bits per heavy atom. The minimum atomic E-state index is -2.46. The molecule has 0 aliphatic carbocycles. The van der Waals surface area contributed by atoms with Crippen molar-refractivity contribution in [2.45, 2.75) is 17.9 Å². The third-order valence-electron chi connectivity index (χ3n) is 4.35. The highest BCUT2D eigenvalue weighted by Gasteiger charge is 2.20. The van der Waals surface area contributed by atoms with Crippen LogP contribution in [0, 0.1) is 0 Å².